The standard InChI is InChI=1S/C11H11NO/c1-9(13)7-11-4-2-3-10(8-11)5-6-12/h2-4,8H,5,7H2,1H3. The molecule has 2 heteroatoms. The molecule has 66 valence electrons. The number of hydrogen-bond acceptors (Lipinski definition) is 2. The number of nitriles is 1. The number of carbonyl (C=O) groups is 1. The van der Waals surface area contributed by atoms with Crippen LogP contribution in [0.1, 0.15) is 18.1 Å². The average Bonchev–Trinajstić information content (AvgIpc) is 2.04. The fourth-order valence-corrected chi connectivity index (χ4v) is 1.23. The van der Waals surface area contributed by atoms with Crippen LogP contribution in [-0.2, 0) is 17.6 Å². The molecule has 0 unspecified atom stereocenters. The van der Waals surface area contributed by atoms with Crippen molar-refractivity contribution in [3.05, 3.63) is 35.4 Å². The van der Waals surface area contributed by atoms with Crippen LogP contribution in [0.4, 0.5) is 0 Å². The van der Waals surface area contributed by atoms with Gasteiger partial charge >= 0.3 is 0 Å². The van der Waals surface area contributed by atoms with Crippen LogP contribution < -0.4 is 0 Å². The van der Waals surface area contributed by atoms with Gasteiger partial charge in [-0.1, -0.05) is 24.3 Å². The van der Waals surface area contributed by atoms with Crippen molar-refractivity contribution in [1.29, 1.82) is 5.26 Å². The molecule has 2 nitrogen and oxygen atoms in total. The molecule has 0 aliphatic heterocycles. The summed E-state index contributed by atoms with van der Waals surface area (Å²) in [5, 5.41) is 8.48. The molecule has 0 bridgehead atoms. The second-order valence-corrected chi connectivity index (χ2v) is 3.03. The van der Waals surface area contributed by atoms with Crippen LogP contribution in [0.15, 0.2) is 24.3 Å². The van der Waals surface area contributed by atoms with Crippen LogP contribution in [0.25, 0.3) is 0 Å². The van der Waals surface area contributed by atoms with Gasteiger partial charge in [0.1, 0.15) is 5.78 Å². The minimum Gasteiger partial charge on any atom is -0.300 e. The van der Waals surface area contributed by atoms with Gasteiger partial charge in [-0.15, -0.1) is 0 Å². The second kappa shape index (κ2) is 4.42. The van der Waals surface area contributed by atoms with Gasteiger partial charge in [0.05, 0.1) is 12.5 Å². The molecule has 0 saturated heterocycles. The molecule has 0 spiro atoms. The first-order chi connectivity index (χ1) is 6.22. The lowest BCUT2D eigenvalue weighted by molar-refractivity contribution is -0.116. The van der Waals surface area contributed by atoms with Gasteiger partial charge in [-0.05, 0) is 18.1 Å². The summed E-state index contributed by atoms with van der Waals surface area (Å²) in [5.41, 5.74) is 1.96. The first kappa shape index (κ1) is 9.47. The highest BCUT2D eigenvalue weighted by molar-refractivity contribution is 5.78. The predicted octanol–water partition coefficient (Wildman–Crippen LogP) is 1.88. The minimum absolute atomic E-state index is 0.147. The molecule has 0 aliphatic carbocycles. The van der Waals surface area contributed by atoms with E-state index < -0.39 is 0 Å². The van der Waals surface area contributed by atoms with Crippen molar-refractivity contribution in [2.75, 3.05) is 0 Å². The van der Waals surface area contributed by atoms with Crippen molar-refractivity contribution >= 4 is 5.78 Å². The number of rotatable bonds is 3. The maximum atomic E-state index is 10.8. The SMILES string of the molecule is CC(=O)Cc1cccc(CC#N)c1. The van der Waals surface area contributed by atoms with Crippen molar-refractivity contribution in [1.82, 2.24) is 0 Å². The van der Waals surface area contributed by atoms with E-state index >= 15 is 0 Å². The van der Waals surface area contributed by atoms with Crippen molar-refractivity contribution in [3.8, 4) is 6.07 Å². The van der Waals surface area contributed by atoms with Gasteiger partial charge in [-0.25, -0.2) is 0 Å². The van der Waals surface area contributed by atoms with Gasteiger partial charge in [0.15, 0.2) is 0 Å². The number of carbonyl (C=O) groups excluding carboxylic acids is 1. The second-order valence-electron chi connectivity index (χ2n) is 3.03. The smallest absolute Gasteiger partial charge is 0.134 e. The van der Waals surface area contributed by atoms with E-state index in [1.165, 1.54) is 0 Å². The largest absolute Gasteiger partial charge is 0.300 e. The van der Waals surface area contributed by atoms with Gasteiger partial charge in [-0.2, -0.15) is 5.26 Å². The molecule has 0 aliphatic rings. The van der Waals surface area contributed by atoms with Crippen LogP contribution in [0, 0.1) is 11.3 Å². The Bertz CT molecular complexity index is 349. The maximum Gasteiger partial charge on any atom is 0.134 e. The van der Waals surface area contributed by atoms with E-state index in [1.54, 1.807) is 6.92 Å². The number of nitrogens with zero attached hydrogens (tertiary/aromatic N) is 1. The maximum absolute atomic E-state index is 10.8. The van der Waals surface area contributed by atoms with Crippen LogP contribution in [0.2, 0.25) is 0 Å². The molecule has 1 aromatic carbocycles. The zero-order valence-corrected chi connectivity index (χ0v) is 7.58. The lowest BCUT2D eigenvalue weighted by Gasteiger charge is -1.99. The third-order valence-electron chi connectivity index (χ3n) is 1.73. The van der Waals surface area contributed by atoms with Crippen LogP contribution in [0.5, 0.6) is 0 Å². The fraction of sp³-hybridized carbons (Fsp3) is 0.273. The van der Waals surface area contributed by atoms with Gasteiger partial charge in [0.2, 0.25) is 0 Å². The van der Waals surface area contributed by atoms with E-state index in [-0.39, 0.29) is 5.78 Å². The lowest BCUT2D eigenvalue weighted by Crippen LogP contribution is -1.96. The highest BCUT2D eigenvalue weighted by Crippen LogP contribution is 2.06. The van der Waals surface area contributed by atoms with Gasteiger partial charge in [0.25, 0.3) is 0 Å². The van der Waals surface area contributed by atoms with Gasteiger partial charge < -0.3 is 0 Å². The zero-order valence-electron chi connectivity index (χ0n) is 7.58. The van der Waals surface area contributed by atoms with Crippen LogP contribution >= 0.6 is 0 Å². The predicted molar refractivity (Wildman–Crippen MR) is 50.1 cm³/mol. The molecular weight excluding hydrogens is 162 g/mol. The summed E-state index contributed by atoms with van der Waals surface area (Å²) in [6, 6.07) is 9.67. The first-order valence-electron chi connectivity index (χ1n) is 4.16. The van der Waals surface area contributed by atoms with E-state index in [1.807, 2.05) is 24.3 Å². The first-order valence-corrected chi connectivity index (χ1v) is 4.16. The highest BCUT2D eigenvalue weighted by atomic mass is 16.1. The van der Waals surface area contributed by atoms with Crippen molar-refractivity contribution < 1.29 is 4.79 Å². The van der Waals surface area contributed by atoms with E-state index in [4.69, 9.17) is 5.26 Å². The van der Waals surface area contributed by atoms with E-state index in [0.717, 1.165) is 11.1 Å². The zero-order chi connectivity index (χ0) is 9.68. The molecule has 0 N–H and O–H groups in total. The molecule has 0 aromatic heterocycles. The van der Waals surface area contributed by atoms with Crippen LogP contribution in [-0.4, -0.2) is 5.78 Å². The van der Waals surface area contributed by atoms with Gasteiger partial charge in [-0.3, -0.25) is 4.79 Å². The highest BCUT2D eigenvalue weighted by Gasteiger charge is 1.98. The minimum atomic E-state index is 0.147. The normalized spacial score (nSPS) is 9.23. The Labute approximate surface area is 77.8 Å². The number of hydrogen-bond donors (Lipinski definition) is 0. The number of ketones is 1. The lowest BCUT2D eigenvalue weighted by atomic mass is 10.1. The van der Waals surface area contributed by atoms with Crippen molar-refractivity contribution in [2.24, 2.45) is 0 Å². The topological polar surface area (TPSA) is 40.9 Å². The summed E-state index contributed by atoms with van der Waals surface area (Å²) in [4.78, 5) is 10.8. The number of benzene rings is 1. The summed E-state index contributed by atoms with van der Waals surface area (Å²) >= 11 is 0. The van der Waals surface area contributed by atoms with Gasteiger partial charge in [0, 0.05) is 6.42 Å². The molecule has 13 heavy (non-hydrogen) atoms. The summed E-state index contributed by atoms with van der Waals surface area (Å²) in [5.74, 6) is 0.147. The van der Waals surface area contributed by atoms with E-state index in [2.05, 4.69) is 6.07 Å². The molecule has 1 rings (SSSR count). The third-order valence-corrected chi connectivity index (χ3v) is 1.73. The van der Waals surface area contributed by atoms with Crippen LogP contribution in [0.3, 0.4) is 0 Å². The van der Waals surface area contributed by atoms with E-state index in [9.17, 15) is 4.79 Å². The summed E-state index contributed by atoms with van der Waals surface area (Å²) in [7, 11) is 0. The number of Topliss-reactive ketones (excluding diaryl/α,β-unsaturated/α-hetero) is 1. The Balaban J connectivity index is 2.80. The molecule has 0 heterocycles. The Morgan fingerprint density at radius 2 is 2.15 bits per heavy atom. The quantitative estimate of drug-likeness (QED) is 0.700. The molecule has 1 aromatic rings. The van der Waals surface area contributed by atoms with Crippen molar-refractivity contribution in [3.63, 3.8) is 0 Å². The monoisotopic (exact) mass is 173 g/mol. The third kappa shape index (κ3) is 3.08. The molecule has 0 atom stereocenters. The molecule has 0 amide bonds. The summed E-state index contributed by atoms with van der Waals surface area (Å²) in [6.07, 6.45) is 0.866. The average molecular weight is 173 g/mol. The Hall–Kier alpha value is -1.62. The Morgan fingerprint density at radius 3 is 2.77 bits per heavy atom. The Kier molecular flexibility index (Phi) is 3.22. The molecular formula is C11H11NO. The Morgan fingerprint density at radius 1 is 1.46 bits per heavy atom. The summed E-state index contributed by atoms with van der Waals surface area (Å²) < 4.78 is 0. The molecule has 0 fully saturated rings. The van der Waals surface area contributed by atoms with E-state index in [0.29, 0.717) is 12.8 Å². The molecule has 0 radical (unpaired) electrons. The molecule has 0 saturated carbocycles. The summed E-state index contributed by atoms with van der Waals surface area (Å²) in [6.45, 7) is 1.57. The fourth-order valence-electron chi connectivity index (χ4n) is 1.23. The van der Waals surface area contributed by atoms with Crippen molar-refractivity contribution in [2.45, 2.75) is 19.8 Å².